The Kier molecular flexibility index (Phi) is 6.96. The number of aromatic nitrogens is 3. The van der Waals surface area contributed by atoms with Crippen LogP contribution in [0.1, 0.15) is 78.4 Å². The van der Waals surface area contributed by atoms with Gasteiger partial charge in [0, 0.05) is 17.4 Å². The molecule has 5 aromatic rings. The van der Waals surface area contributed by atoms with E-state index in [2.05, 4.69) is 30.3 Å². The highest BCUT2D eigenvalue weighted by atomic mass is 19.1. The molecule has 1 atom stereocenters. The van der Waals surface area contributed by atoms with E-state index in [1.165, 1.54) is 12.1 Å². The lowest BCUT2D eigenvalue weighted by Crippen LogP contribution is -2.17. The van der Waals surface area contributed by atoms with Crippen molar-refractivity contribution in [2.24, 2.45) is 0 Å². The van der Waals surface area contributed by atoms with Gasteiger partial charge < -0.3 is 9.26 Å². The molecule has 0 spiro atoms. The summed E-state index contributed by atoms with van der Waals surface area (Å²) in [6, 6.07) is 20.8. The lowest BCUT2D eigenvalue weighted by atomic mass is 9.83. The van der Waals surface area contributed by atoms with Crippen LogP contribution in [0, 0.1) is 19.7 Å². The van der Waals surface area contributed by atoms with Crippen molar-refractivity contribution in [3.8, 4) is 11.1 Å². The smallest absolute Gasteiger partial charge is 0.419 e. The number of fused-ring (bicyclic) bond motifs is 1. The molecule has 40 heavy (non-hydrogen) atoms. The number of unbranched alkanes of at least 4 members (excludes halogenated alkanes) is 1. The number of aryl methyl sites for hydroxylation is 2. The number of carbonyl (C=O) groups is 1. The Morgan fingerprint density at radius 2 is 1.80 bits per heavy atom. The summed E-state index contributed by atoms with van der Waals surface area (Å²) in [6.45, 7) is 6.23. The standard InChI is InChI=1S/C33H32FN3O3/c1-4-5-17-39-33(38)37-28-19-25(29-20(2)36-40-21(29)3)18-27(31(28)35-32(37)24-11-12-24)30(22-9-7-6-8-10-22)23-13-15-26(34)16-14-23/h6-10,13-16,18-19,24,30H,4-5,11-12,17H2,1-3H3. The van der Waals surface area contributed by atoms with Gasteiger partial charge in [0.1, 0.15) is 17.4 Å². The molecule has 2 aromatic heterocycles. The number of halogens is 1. The summed E-state index contributed by atoms with van der Waals surface area (Å²) in [5, 5.41) is 4.19. The first-order valence-electron chi connectivity index (χ1n) is 13.9. The van der Waals surface area contributed by atoms with Crippen LogP contribution in [-0.2, 0) is 4.74 Å². The van der Waals surface area contributed by atoms with Gasteiger partial charge in [-0.3, -0.25) is 0 Å². The van der Waals surface area contributed by atoms with E-state index in [0.717, 1.165) is 70.5 Å². The van der Waals surface area contributed by atoms with Crippen LogP contribution < -0.4 is 0 Å². The maximum Gasteiger partial charge on any atom is 0.419 e. The second kappa shape index (κ2) is 10.7. The van der Waals surface area contributed by atoms with Gasteiger partial charge in [0.15, 0.2) is 0 Å². The highest BCUT2D eigenvalue weighted by Crippen LogP contribution is 2.44. The number of hydrogen-bond donors (Lipinski definition) is 0. The van der Waals surface area contributed by atoms with Crippen LogP contribution >= 0.6 is 0 Å². The lowest BCUT2D eigenvalue weighted by molar-refractivity contribution is 0.146. The molecule has 0 radical (unpaired) electrons. The van der Waals surface area contributed by atoms with Crippen molar-refractivity contribution in [2.45, 2.75) is 58.3 Å². The second-order valence-corrected chi connectivity index (χ2v) is 10.6. The van der Waals surface area contributed by atoms with Gasteiger partial charge in [0.25, 0.3) is 0 Å². The zero-order valence-corrected chi connectivity index (χ0v) is 23.0. The van der Waals surface area contributed by atoms with Crippen molar-refractivity contribution in [3.63, 3.8) is 0 Å². The van der Waals surface area contributed by atoms with Gasteiger partial charge in [-0.05, 0) is 79.6 Å². The summed E-state index contributed by atoms with van der Waals surface area (Å²) in [7, 11) is 0. The van der Waals surface area contributed by atoms with Gasteiger partial charge in [0.05, 0.1) is 23.3 Å². The molecule has 0 N–H and O–H groups in total. The van der Waals surface area contributed by atoms with Gasteiger partial charge in [-0.1, -0.05) is 61.0 Å². The minimum atomic E-state index is -0.405. The zero-order valence-electron chi connectivity index (χ0n) is 23.0. The van der Waals surface area contributed by atoms with E-state index in [-0.39, 0.29) is 17.7 Å². The average molecular weight is 538 g/mol. The summed E-state index contributed by atoms with van der Waals surface area (Å²) in [5.74, 6) is 1.10. The Bertz CT molecular complexity index is 1650. The number of carbonyl (C=O) groups excluding carboxylic acids is 1. The van der Waals surface area contributed by atoms with Crippen molar-refractivity contribution < 1.29 is 18.4 Å². The number of hydrogen-bond acceptors (Lipinski definition) is 5. The normalized spacial score (nSPS) is 14.0. The summed E-state index contributed by atoms with van der Waals surface area (Å²) in [6.07, 6.45) is 3.30. The largest absolute Gasteiger partial charge is 0.449 e. The summed E-state index contributed by atoms with van der Waals surface area (Å²) in [5.41, 5.74) is 6.85. The lowest BCUT2D eigenvalue weighted by Gasteiger charge is -2.21. The fraction of sp³-hybridized carbons (Fsp3) is 0.303. The number of ether oxygens (including phenoxy) is 1. The maximum absolute atomic E-state index is 14.0. The third kappa shape index (κ3) is 4.81. The van der Waals surface area contributed by atoms with E-state index in [0.29, 0.717) is 17.9 Å². The molecule has 0 saturated heterocycles. The molecule has 6 rings (SSSR count). The third-order valence-corrected chi connectivity index (χ3v) is 7.63. The molecule has 204 valence electrons. The fourth-order valence-corrected chi connectivity index (χ4v) is 5.51. The molecule has 2 heterocycles. The molecule has 6 nitrogen and oxygen atoms in total. The van der Waals surface area contributed by atoms with Crippen molar-refractivity contribution in [2.75, 3.05) is 6.61 Å². The van der Waals surface area contributed by atoms with Crippen LogP contribution in [0.3, 0.4) is 0 Å². The third-order valence-electron chi connectivity index (χ3n) is 7.63. The molecular formula is C33H32FN3O3. The molecule has 0 amide bonds. The first-order valence-corrected chi connectivity index (χ1v) is 13.9. The predicted octanol–water partition coefficient (Wildman–Crippen LogP) is 8.29. The van der Waals surface area contributed by atoms with E-state index in [4.69, 9.17) is 14.2 Å². The summed E-state index contributed by atoms with van der Waals surface area (Å²) < 4.78 is 27.0. The monoisotopic (exact) mass is 537 g/mol. The van der Waals surface area contributed by atoms with Crippen molar-refractivity contribution in [1.82, 2.24) is 14.7 Å². The number of rotatable bonds is 8. The quantitative estimate of drug-likeness (QED) is 0.147. The van der Waals surface area contributed by atoms with Crippen LogP contribution in [0.25, 0.3) is 22.2 Å². The molecule has 1 saturated carbocycles. The molecule has 1 aliphatic rings. The zero-order chi connectivity index (χ0) is 27.8. The molecule has 1 unspecified atom stereocenters. The van der Waals surface area contributed by atoms with Crippen LogP contribution in [0.5, 0.6) is 0 Å². The van der Waals surface area contributed by atoms with E-state index in [9.17, 15) is 9.18 Å². The first-order chi connectivity index (χ1) is 19.5. The number of benzene rings is 3. The summed E-state index contributed by atoms with van der Waals surface area (Å²) >= 11 is 0. The van der Waals surface area contributed by atoms with Crippen LogP contribution in [-0.4, -0.2) is 27.4 Å². The van der Waals surface area contributed by atoms with Gasteiger partial charge in [-0.25, -0.2) is 18.7 Å². The minimum Gasteiger partial charge on any atom is -0.449 e. The van der Waals surface area contributed by atoms with Gasteiger partial charge in [-0.15, -0.1) is 0 Å². The SMILES string of the molecule is CCCCOC(=O)n1c(C2CC2)nc2c(C(c3ccccc3)c3ccc(F)cc3)cc(-c3c(C)noc3C)cc21. The maximum atomic E-state index is 14.0. The highest BCUT2D eigenvalue weighted by molar-refractivity contribution is 5.94. The van der Waals surface area contributed by atoms with E-state index >= 15 is 0 Å². The molecule has 3 aromatic carbocycles. The predicted molar refractivity (Wildman–Crippen MR) is 152 cm³/mol. The van der Waals surface area contributed by atoms with Crippen LogP contribution in [0.15, 0.2) is 71.3 Å². The van der Waals surface area contributed by atoms with Gasteiger partial charge in [-0.2, -0.15) is 0 Å². The Morgan fingerprint density at radius 1 is 1.07 bits per heavy atom. The first kappa shape index (κ1) is 26.0. The number of nitrogens with zero attached hydrogens (tertiary/aromatic N) is 3. The molecule has 1 fully saturated rings. The fourth-order valence-electron chi connectivity index (χ4n) is 5.51. The highest BCUT2D eigenvalue weighted by Gasteiger charge is 2.34. The van der Waals surface area contributed by atoms with E-state index in [1.54, 1.807) is 4.57 Å². The number of imidazole rings is 1. The second-order valence-electron chi connectivity index (χ2n) is 10.6. The van der Waals surface area contributed by atoms with Crippen LogP contribution in [0.4, 0.5) is 9.18 Å². The van der Waals surface area contributed by atoms with Gasteiger partial charge in [0.2, 0.25) is 0 Å². The molecular weight excluding hydrogens is 505 g/mol. The molecule has 7 heteroatoms. The Labute approximate surface area is 232 Å². The molecule has 0 aliphatic heterocycles. The Balaban J connectivity index is 1.65. The van der Waals surface area contributed by atoms with E-state index < -0.39 is 6.09 Å². The van der Waals surface area contributed by atoms with Crippen molar-refractivity contribution >= 4 is 17.1 Å². The minimum absolute atomic E-state index is 0.211. The molecule has 1 aliphatic carbocycles. The van der Waals surface area contributed by atoms with Crippen molar-refractivity contribution in [3.05, 3.63) is 107 Å². The van der Waals surface area contributed by atoms with Gasteiger partial charge >= 0.3 is 6.09 Å². The van der Waals surface area contributed by atoms with E-state index in [1.807, 2.05) is 50.2 Å². The Hall–Kier alpha value is -4.26. The summed E-state index contributed by atoms with van der Waals surface area (Å²) in [4.78, 5) is 18.7. The topological polar surface area (TPSA) is 70.2 Å². The van der Waals surface area contributed by atoms with Crippen molar-refractivity contribution in [1.29, 1.82) is 0 Å². The Morgan fingerprint density at radius 3 is 2.45 bits per heavy atom. The molecule has 0 bridgehead atoms. The average Bonchev–Trinajstić information content (AvgIpc) is 3.65. The van der Waals surface area contributed by atoms with Crippen LogP contribution in [0.2, 0.25) is 0 Å².